The monoisotopic (exact) mass is 464 g/mol. The molecular weight excluding hydrogens is 404 g/mol. The van der Waals surface area contributed by atoms with Crippen LogP contribution in [0.15, 0.2) is 23.3 Å². The summed E-state index contributed by atoms with van der Waals surface area (Å²) < 4.78 is 0. The Bertz CT molecular complexity index is 535. The number of aliphatic hydroxyl groups is 2. The highest BCUT2D eigenvalue weighted by Gasteiger charge is 2.35. The van der Waals surface area contributed by atoms with E-state index in [1.807, 2.05) is 41.5 Å². The van der Waals surface area contributed by atoms with Crippen molar-refractivity contribution in [1.29, 1.82) is 0 Å². The molecule has 1 aliphatic rings. The molecule has 0 spiro atoms. The van der Waals surface area contributed by atoms with Crippen molar-refractivity contribution >= 4 is 0 Å². The van der Waals surface area contributed by atoms with Crippen LogP contribution in [0.5, 0.6) is 0 Å². The van der Waals surface area contributed by atoms with Crippen molar-refractivity contribution in [2.24, 2.45) is 17.3 Å². The molecule has 0 saturated carbocycles. The summed E-state index contributed by atoms with van der Waals surface area (Å²) >= 11 is 0. The van der Waals surface area contributed by atoms with Gasteiger partial charge in [-0.25, -0.2) is 0 Å². The zero-order chi connectivity index (χ0) is 26.1. The summed E-state index contributed by atoms with van der Waals surface area (Å²) in [6.07, 6.45) is 15.2. The minimum Gasteiger partial charge on any atom is -0.396 e. The molecule has 0 aromatic rings. The van der Waals surface area contributed by atoms with Crippen LogP contribution in [-0.2, 0) is 0 Å². The normalized spacial score (nSPS) is 22.4. The third kappa shape index (κ3) is 16.3. The van der Waals surface area contributed by atoms with E-state index in [1.54, 1.807) is 0 Å². The second-order valence-corrected chi connectivity index (χ2v) is 8.50. The summed E-state index contributed by atoms with van der Waals surface area (Å²) in [7, 11) is 0. The fraction of sp³-hybridized carbons (Fsp3) is 0.806. The molecule has 2 N–H and O–H groups in total. The molecule has 0 saturated heterocycles. The molecule has 0 radical (unpaired) electrons. The lowest BCUT2D eigenvalue weighted by Gasteiger charge is -2.38. The smallest absolute Gasteiger partial charge is 0.0434 e. The lowest BCUT2D eigenvalue weighted by atomic mass is 9.66. The van der Waals surface area contributed by atoms with Crippen LogP contribution in [0, 0.1) is 29.1 Å². The predicted octanol–water partition coefficient (Wildman–Crippen LogP) is 9.12. The quantitative estimate of drug-likeness (QED) is 0.278. The van der Waals surface area contributed by atoms with E-state index in [4.69, 9.17) is 5.11 Å². The van der Waals surface area contributed by atoms with E-state index in [-0.39, 0.29) is 18.6 Å². The Labute approximate surface area is 209 Å². The Kier molecular flexibility index (Phi) is 28.3. The summed E-state index contributed by atoms with van der Waals surface area (Å²) in [4.78, 5) is 0. The number of allylic oxidation sites excluding steroid dienone is 4. The van der Waals surface area contributed by atoms with Crippen LogP contribution in [0.1, 0.15) is 133 Å². The van der Waals surface area contributed by atoms with E-state index in [9.17, 15) is 5.11 Å². The van der Waals surface area contributed by atoms with Gasteiger partial charge in [0, 0.05) is 24.2 Å². The molecule has 0 aliphatic heterocycles. The lowest BCUT2D eigenvalue weighted by Crippen LogP contribution is -2.31. The van der Waals surface area contributed by atoms with E-state index in [0.29, 0.717) is 11.8 Å². The van der Waals surface area contributed by atoms with Crippen LogP contribution in [0.2, 0.25) is 0 Å². The van der Waals surface area contributed by atoms with Gasteiger partial charge in [-0.1, -0.05) is 85.0 Å². The molecule has 0 aromatic heterocycles. The summed E-state index contributed by atoms with van der Waals surface area (Å²) in [5, 5.41) is 18.4. The molecule has 1 aliphatic carbocycles. The molecule has 3 unspecified atom stereocenters. The van der Waals surface area contributed by atoms with Gasteiger partial charge in [0.15, 0.2) is 0 Å². The van der Waals surface area contributed by atoms with Crippen molar-refractivity contribution in [3.05, 3.63) is 23.3 Å². The largest absolute Gasteiger partial charge is 0.396 e. The maximum Gasteiger partial charge on any atom is 0.0434 e. The lowest BCUT2D eigenvalue weighted by molar-refractivity contribution is 0.148. The molecule has 33 heavy (non-hydrogen) atoms. The first-order chi connectivity index (χ1) is 16.0. The van der Waals surface area contributed by atoms with Crippen molar-refractivity contribution in [2.75, 3.05) is 13.2 Å². The van der Waals surface area contributed by atoms with E-state index in [0.717, 1.165) is 44.9 Å². The van der Waals surface area contributed by atoms with Crippen molar-refractivity contribution in [3.63, 3.8) is 0 Å². The standard InChI is InChI=1S/C25H42O2.3C2H6/c1-5-23(21(2)13-11-19-26)16-18-25(4)17-10-8-6-7-9-15-24(25)22(3)14-12-20-27;3*1-2/h6,8,22,24,26-27H,5,7,9-15,17,19-20H2,1-4H3;3*1-2H3/b8-6-,23-21+;;;. The zero-order valence-electron chi connectivity index (χ0n) is 24.2. The van der Waals surface area contributed by atoms with Gasteiger partial charge in [0.1, 0.15) is 0 Å². The van der Waals surface area contributed by atoms with E-state index >= 15 is 0 Å². The average molecular weight is 465 g/mol. The first-order valence-corrected chi connectivity index (χ1v) is 14.1. The Balaban J connectivity index is -0.00000138. The van der Waals surface area contributed by atoms with Gasteiger partial charge in [0.05, 0.1) is 0 Å². The third-order valence-corrected chi connectivity index (χ3v) is 6.28. The third-order valence-electron chi connectivity index (χ3n) is 6.28. The van der Waals surface area contributed by atoms with Gasteiger partial charge in [-0.3, -0.25) is 0 Å². The number of hydrogen-bond acceptors (Lipinski definition) is 2. The van der Waals surface area contributed by atoms with Crippen LogP contribution in [0.25, 0.3) is 0 Å². The van der Waals surface area contributed by atoms with Crippen molar-refractivity contribution < 1.29 is 10.2 Å². The molecule has 0 amide bonds. The van der Waals surface area contributed by atoms with E-state index < -0.39 is 0 Å². The highest BCUT2D eigenvalue weighted by atomic mass is 16.3. The Morgan fingerprint density at radius 1 is 1.00 bits per heavy atom. The predicted molar refractivity (Wildman–Crippen MR) is 150 cm³/mol. The fourth-order valence-electron chi connectivity index (χ4n) is 4.47. The SMILES string of the molecule is CC.CC.CC.CC/C(C#CC1(C)CC/C=C\CCCC1C(C)CCCO)=C(/C)CCCO. The highest BCUT2D eigenvalue weighted by Crippen LogP contribution is 2.42. The second kappa shape index (κ2) is 25.6. The molecular formula is C31H60O2. The second-order valence-electron chi connectivity index (χ2n) is 8.50. The van der Waals surface area contributed by atoms with E-state index in [2.05, 4.69) is 51.7 Å². The first-order valence-electron chi connectivity index (χ1n) is 14.1. The average Bonchev–Trinajstić information content (AvgIpc) is 2.95. The van der Waals surface area contributed by atoms with Crippen molar-refractivity contribution in [2.45, 2.75) is 133 Å². The van der Waals surface area contributed by atoms with E-state index in [1.165, 1.54) is 30.4 Å². The zero-order valence-corrected chi connectivity index (χ0v) is 24.2. The maximum absolute atomic E-state index is 9.27. The van der Waals surface area contributed by atoms with Crippen LogP contribution in [0.3, 0.4) is 0 Å². The summed E-state index contributed by atoms with van der Waals surface area (Å²) in [6, 6.07) is 0. The van der Waals surface area contributed by atoms with Gasteiger partial charge >= 0.3 is 0 Å². The fourth-order valence-corrected chi connectivity index (χ4v) is 4.47. The molecule has 0 fully saturated rings. The van der Waals surface area contributed by atoms with Crippen molar-refractivity contribution in [1.82, 2.24) is 0 Å². The van der Waals surface area contributed by atoms with Crippen molar-refractivity contribution in [3.8, 4) is 11.8 Å². The Hall–Kier alpha value is -1.04. The maximum atomic E-state index is 9.27. The van der Waals surface area contributed by atoms with Gasteiger partial charge in [-0.05, 0) is 89.9 Å². The molecule has 2 heteroatoms. The first kappa shape index (κ1) is 36.5. The van der Waals surface area contributed by atoms with Crippen LogP contribution in [0.4, 0.5) is 0 Å². The summed E-state index contributed by atoms with van der Waals surface area (Å²) in [5.41, 5.74) is 2.60. The molecule has 196 valence electrons. The van der Waals surface area contributed by atoms with Crippen LogP contribution >= 0.6 is 0 Å². The molecule has 2 nitrogen and oxygen atoms in total. The van der Waals surface area contributed by atoms with Gasteiger partial charge in [0.2, 0.25) is 0 Å². The molecule has 0 heterocycles. The number of hydrogen-bond donors (Lipinski definition) is 2. The highest BCUT2D eigenvalue weighted by molar-refractivity contribution is 5.35. The molecule has 3 atom stereocenters. The number of rotatable bonds is 8. The topological polar surface area (TPSA) is 40.5 Å². The molecule has 1 rings (SSSR count). The summed E-state index contributed by atoms with van der Waals surface area (Å²) in [5.74, 6) is 8.47. The van der Waals surface area contributed by atoms with Crippen LogP contribution in [-0.4, -0.2) is 23.4 Å². The Morgan fingerprint density at radius 2 is 1.58 bits per heavy atom. The Morgan fingerprint density at radius 3 is 2.12 bits per heavy atom. The summed E-state index contributed by atoms with van der Waals surface area (Å²) in [6.45, 7) is 21.6. The van der Waals surface area contributed by atoms with Gasteiger partial charge in [0.25, 0.3) is 0 Å². The number of aliphatic hydroxyl groups excluding tert-OH is 2. The van der Waals surface area contributed by atoms with Gasteiger partial charge < -0.3 is 10.2 Å². The molecule has 0 bridgehead atoms. The van der Waals surface area contributed by atoms with Crippen LogP contribution < -0.4 is 0 Å². The minimum atomic E-state index is 0.0151. The minimum absolute atomic E-state index is 0.0151. The molecule has 0 aromatic carbocycles. The van der Waals surface area contributed by atoms with Gasteiger partial charge in [-0.2, -0.15) is 0 Å². The van der Waals surface area contributed by atoms with Gasteiger partial charge in [-0.15, -0.1) is 0 Å².